The second-order valence-electron chi connectivity index (χ2n) is 5.19. The highest BCUT2D eigenvalue weighted by molar-refractivity contribution is 9.10. The van der Waals surface area contributed by atoms with Gasteiger partial charge < -0.3 is 4.57 Å². The summed E-state index contributed by atoms with van der Waals surface area (Å²) < 4.78 is 16.2. The normalized spacial score (nSPS) is 11.8. The van der Waals surface area contributed by atoms with Gasteiger partial charge in [0.1, 0.15) is 11.6 Å². The third-order valence-electron chi connectivity index (χ3n) is 3.27. The highest BCUT2D eigenvalue weighted by Crippen LogP contribution is 2.30. The van der Waals surface area contributed by atoms with Crippen LogP contribution in [0.2, 0.25) is 0 Å². The van der Waals surface area contributed by atoms with E-state index in [0.29, 0.717) is 15.7 Å². The average Bonchev–Trinajstić information content (AvgIpc) is 2.64. The average molecular weight is 344 g/mol. The van der Waals surface area contributed by atoms with E-state index in [0.717, 1.165) is 11.4 Å². The highest BCUT2D eigenvalue weighted by atomic mass is 79.9. The fraction of sp³-hybridized carbons (Fsp3) is 0.385. The molecule has 0 radical (unpaired) electrons. The van der Waals surface area contributed by atoms with Crippen LogP contribution in [-0.4, -0.2) is 14.8 Å². The number of rotatable bonds is 3. The third kappa shape index (κ3) is 2.95. The van der Waals surface area contributed by atoms with Crippen LogP contribution in [0.5, 0.6) is 0 Å². The number of aromatic amines is 1. The van der Waals surface area contributed by atoms with Crippen LogP contribution >= 0.6 is 28.1 Å². The van der Waals surface area contributed by atoms with Gasteiger partial charge in [0.15, 0.2) is 4.77 Å². The molecular weight excluding hydrogens is 329 g/mol. The second-order valence-corrected chi connectivity index (χ2v) is 6.43. The zero-order valence-electron chi connectivity index (χ0n) is 11.0. The van der Waals surface area contributed by atoms with Crippen molar-refractivity contribution < 1.29 is 4.39 Å². The maximum absolute atomic E-state index is 13.3. The van der Waals surface area contributed by atoms with E-state index in [2.05, 4.69) is 40.0 Å². The molecule has 6 heteroatoms. The molecule has 1 N–H and O–H groups in total. The van der Waals surface area contributed by atoms with Gasteiger partial charge in [0.05, 0.1) is 4.47 Å². The van der Waals surface area contributed by atoms with Crippen molar-refractivity contribution in [3.8, 4) is 0 Å². The van der Waals surface area contributed by atoms with Crippen molar-refractivity contribution in [3.05, 3.63) is 44.6 Å². The molecule has 1 aromatic heterocycles. The Morgan fingerprint density at radius 2 is 2.16 bits per heavy atom. The van der Waals surface area contributed by atoms with Crippen LogP contribution in [0.15, 0.2) is 22.7 Å². The van der Waals surface area contributed by atoms with Gasteiger partial charge in [-0.3, -0.25) is 5.10 Å². The molecule has 2 rings (SSSR count). The quantitative estimate of drug-likeness (QED) is 0.857. The Morgan fingerprint density at radius 3 is 2.68 bits per heavy atom. The maximum Gasteiger partial charge on any atom is 0.194 e. The van der Waals surface area contributed by atoms with Crippen molar-refractivity contribution in [1.82, 2.24) is 14.8 Å². The Hall–Kier alpha value is -1.01. The van der Waals surface area contributed by atoms with Gasteiger partial charge >= 0.3 is 0 Å². The van der Waals surface area contributed by atoms with Crippen molar-refractivity contribution in [2.75, 3.05) is 0 Å². The summed E-state index contributed by atoms with van der Waals surface area (Å²) in [6.07, 6.45) is 0.717. The first-order valence-electron chi connectivity index (χ1n) is 5.87. The van der Waals surface area contributed by atoms with E-state index in [-0.39, 0.29) is 11.2 Å². The highest BCUT2D eigenvalue weighted by Gasteiger charge is 2.24. The zero-order chi connectivity index (χ0) is 14.2. The fourth-order valence-corrected chi connectivity index (χ4v) is 2.48. The molecule has 1 heterocycles. The van der Waals surface area contributed by atoms with Crippen LogP contribution in [-0.2, 0) is 18.9 Å². The third-order valence-corrected chi connectivity index (χ3v) is 4.25. The number of H-pyrrole nitrogens is 1. The molecule has 0 amide bonds. The molecule has 0 saturated heterocycles. The van der Waals surface area contributed by atoms with Crippen molar-refractivity contribution in [1.29, 1.82) is 0 Å². The number of hydrogen-bond donors (Lipinski definition) is 1. The van der Waals surface area contributed by atoms with Gasteiger partial charge in [0, 0.05) is 13.5 Å². The molecule has 0 aliphatic heterocycles. The molecule has 0 fully saturated rings. The second kappa shape index (κ2) is 5.17. The predicted molar refractivity (Wildman–Crippen MR) is 79.2 cm³/mol. The number of nitrogens with zero attached hydrogens (tertiary/aromatic N) is 2. The minimum atomic E-state index is -0.252. The van der Waals surface area contributed by atoms with Gasteiger partial charge in [-0.15, -0.1) is 0 Å². The Bertz CT molecular complexity index is 660. The standard InChI is InChI=1S/C13H15BrFN3S/c1-13(2,7-11-16-17-12(19)18(11)3)8-4-5-10(15)9(14)6-8/h4-6H,7H2,1-3H3,(H,17,19). The number of nitrogens with one attached hydrogen (secondary N) is 1. The lowest BCUT2D eigenvalue weighted by molar-refractivity contribution is 0.494. The van der Waals surface area contributed by atoms with Gasteiger partial charge in [-0.25, -0.2) is 4.39 Å². The molecule has 2 aromatic rings. The molecule has 0 spiro atoms. The molecular formula is C13H15BrFN3S. The van der Waals surface area contributed by atoms with E-state index in [4.69, 9.17) is 12.2 Å². The predicted octanol–water partition coefficient (Wildman–Crippen LogP) is 3.90. The Balaban J connectivity index is 2.34. The number of hydrogen-bond acceptors (Lipinski definition) is 2. The summed E-state index contributed by atoms with van der Waals surface area (Å²) in [6.45, 7) is 4.20. The molecule has 0 saturated carbocycles. The topological polar surface area (TPSA) is 33.6 Å². The van der Waals surface area contributed by atoms with E-state index >= 15 is 0 Å². The van der Waals surface area contributed by atoms with E-state index < -0.39 is 0 Å². The van der Waals surface area contributed by atoms with Crippen LogP contribution in [0.1, 0.15) is 25.2 Å². The number of halogens is 2. The minimum absolute atomic E-state index is 0.162. The van der Waals surface area contributed by atoms with Gasteiger partial charge in [-0.1, -0.05) is 19.9 Å². The lowest BCUT2D eigenvalue weighted by Crippen LogP contribution is -2.22. The lowest BCUT2D eigenvalue weighted by Gasteiger charge is -2.25. The first-order valence-corrected chi connectivity index (χ1v) is 7.07. The molecule has 0 aliphatic rings. The van der Waals surface area contributed by atoms with Gasteiger partial charge in [-0.2, -0.15) is 5.10 Å². The van der Waals surface area contributed by atoms with Gasteiger partial charge in [0.25, 0.3) is 0 Å². The largest absolute Gasteiger partial charge is 0.307 e. The smallest absolute Gasteiger partial charge is 0.194 e. The first-order chi connectivity index (χ1) is 8.81. The molecule has 0 atom stereocenters. The maximum atomic E-state index is 13.3. The minimum Gasteiger partial charge on any atom is -0.307 e. The van der Waals surface area contributed by atoms with Crippen molar-refractivity contribution in [2.45, 2.75) is 25.7 Å². The monoisotopic (exact) mass is 343 g/mol. The molecule has 1 aromatic carbocycles. The summed E-state index contributed by atoms with van der Waals surface area (Å²) in [4.78, 5) is 0. The summed E-state index contributed by atoms with van der Waals surface area (Å²) >= 11 is 8.33. The number of aromatic nitrogens is 3. The van der Waals surface area contributed by atoms with Crippen LogP contribution < -0.4 is 0 Å². The van der Waals surface area contributed by atoms with Crippen molar-refractivity contribution in [3.63, 3.8) is 0 Å². The fourth-order valence-electron chi connectivity index (χ4n) is 1.95. The Morgan fingerprint density at radius 1 is 1.47 bits per heavy atom. The molecule has 0 bridgehead atoms. The van der Waals surface area contributed by atoms with E-state index in [9.17, 15) is 4.39 Å². The summed E-state index contributed by atoms with van der Waals surface area (Å²) in [5.41, 5.74) is 0.889. The molecule has 0 aliphatic carbocycles. The zero-order valence-corrected chi connectivity index (χ0v) is 13.4. The van der Waals surface area contributed by atoms with Crippen LogP contribution in [0.3, 0.4) is 0 Å². The molecule has 0 unspecified atom stereocenters. The van der Waals surface area contributed by atoms with Gasteiger partial charge in [0.2, 0.25) is 0 Å². The lowest BCUT2D eigenvalue weighted by atomic mass is 9.81. The SMILES string of the molecule is Cn1c(CC(C)(C)c2ccc(F)c(Br)c2)n[nH]c1=S. The molecule has 102 valence electrons. The van der Waals surface area contributed by atoms with Crippen LogP contribution in [0.25, 0.3) is 0 Å². The summed E-state index contributed by atoms with van der Waals surface area (Å²) in [5.74, 6) is 0.633. The molecule has 3 nitrogen and oxygen atoms in total. The van der Waals surface area contributed by atoms with E-state index in [1.807, 2.05) is 17.7 Å². The van der Waals surface area contributed by atoms with E-state index in [1.165, 1.54) is 6.07 Å². The van der Waals surface area contributed by atoms with E-state index in [1.54, 1.807) is 6.07 Å². The Labute approximate surface area is 125 Å². The van der Waals surface area contributed by atoms with Crippen LogP contribution in [0, 0.1) is 10.6 Å². The summed E-state index contributed by atoms with van der Waals surface area (Å²) in [6, 6.07) is 5.10. The van der Waals surface area contributed by atoms with Crippen molar-refractivity contribution in [2.24, 2.45) is 7.05 Å². The Kier molecular flexibility index (Phi) is 3.92. The van der Waals surface area contributed by atoms with Crippen molar-refractivity contribution >= 4 is 28.1 Å². The molecule has 19 heavy (non-hydrogen) atoms. The summed E-state index contributed by atoms with van der Waals surface area (Å²) in [5, 5.41) is 7.00. The van der Waals surface area contributed by atoms with Gasteiger partial charge in [-0.05, 0) is 51.3 Å². The van der Waals surface area contributed by atoms with Crippen LogP contribution in [0.4, 0.5) is 4.39 Å². The first kappa shape index (κ1) is 14.4. The summed E-state index contributed by atoms with van der Waals surface area (Å²) in [7, 11) is 1.89. The number of benzene rings is 1.